The Balaban J connectivity index is 1.94. The van der Waals surface area contributed by atoms with Gasteiger partial charge in [0.05, 0.1) is 5.51 Å². The van der Waals surface area contributed by atoms with E-state index in [1.807, 2.05) is 17.8 Å². The molecular formula is C11H10NS. The second kappa shape index (κ2) is 4.19. The van der Waals surface area contributed by atoms with E-state index in [1.54, 1.807) is 11.3 Å². The summed E-state index contributed by atoms with van der Waals surface area (Å²) in [6, 6.07) is 10.4. The smallest absolute Gasteiger partial charge is 0.0794 e. The summed E-state index contributed by atoms with van der Waals surface area (Å²) < 4.78 is 0. The summed E-state index contributed by atoms with van der Waals surface area (Å²) in [5.74, 6) is 0. The van der Waals surface area contributed by atoms with E-state index in [1.165, 1.54) is 10.4 Å². The molecular weight excluding hydrogens is 178 g/mol. The summed E-state index contributed by atoms with van der Waals surface area (Å²) in [7, 11) is 0. The molecule has 0 fully saturated rings. The molecule has 1 heterocycles. The van der Waals surface area contributed by atoms with Gasteiger partial charge in [-0.15, -0.1) is 11.3 Å². The van der Waals surface area contributed by atoms with Crippen LogP contribution in [0, 0.1) is 6.42 Å². The fraction of sp³-hybridized carbons (Fsp3) is 0.0909. The first-order valence-corrected chi connectivity index (χ1v) is 5.09. The molecule has 0 aliphatic carbocycles. The normalized spacial score (nSPS) is 10.2. The highest BCUT2D eigenvalue weighted by Gasteiger charge is 1.96. The van der Waals surface area contributed by atoms with Gasteiger partial charge in [-0.3, -0.25) is 4.98 Å². The molecule has 0 unspecified atom stereocenters. The maximum absolute atomic E-state index is 4.03. The van der Waals surface area contributed by atoms with E-state index in [2.05, 4.69) is 35.7 Å². The molecule has 1 nitrogen and oxygen atoms in total. The summed E-state index contributed by atoms with van der Waals surface area (Å²) in [5.41, 5.74) is 3.14. The average molecular weight is 188 g/mol. The zero-order chi connectivity index (χ0) is 8.93. The van der Waals surface area contributed by atoms with Gasteiger partial charge in [0, 0.05) is 11.1 Å². The molecule has 1 aromatic carbocycles. The molecule has 0 spiro atoms. The summed E-state index contributed by atoms with van der Waals surface area (Å²) in [5, 5.41) is 0. The van der Waals surface area contributed by atoms with E-state index >= 15 is 0 Å². The van der Waals surface area contributed by atoms with Gasteiger partial charge in [-0.1, -0.05) is 30.3 Å². The minimum Gasteiger partial charge on any atom is -0.253 e. The van der Waals surface area contributed by atoms with Crippen molar-refractivity contribution in [3.63, 3.8) is 0 Å². The van der Waals surface area contributed by atoms with Crippen LogP contribution in [0.3, 0.4) is 0 Å². The molecule has 0 saturated heterocycles. The lowest BCUT2D eigenvalue weighted by molar-refractivity contribution is 1.19. The number of rotatable bonds is 3. The van der Waals surface area contributed by atoms with Crippen molar-refractivity contribution >= 4 is 11.3 Å². The van der Waals surface area contributed by atoms with Crippen molar-refractivity contribution in [3.05, 3.63) is 58.9 Å². The first-order valence-electron chi connectivity index (χ1n) is 4.21. The van der Waals surface area contributed by atoms with E-state index in [0.29, 0.717) is 0 Å². The SMILES string of the molecule is [CH](Cc1cncs1)c1ccccc1. The molecule has 0 amide bonds. The van der Waals surface area contributed by atoms with Gasteiger partial charge in [-0.05, 0) is 18.4 Å². The van der Waals surface area contributed by atoms with Crippen LogP contribution < -0.4 is 0 Å². The minimum atomic E-state index is 0.981. The van der Waals surface area contributed by atoms with Crippen LogP contribution in [0.5, 0.6) is 0 Å². The van der Waals surface area contributed by atoms with Crippen molar-refractivity contribution in [2.45, 2.75) is 6.42 Å². The Bertz CT molecular complexity index is 340. The first kappa shape index (κ1) is 8.45. The van der Waals surface area contributed by atoms with Crippen LogP contribution in [0.1, 0.15) is 10.4 Å². The van der Waals surface area contributed by atoms with E-state index in [-0.39, 0.29) is 0 Å². The fourth-order valence-electron chi connectivity index (χ4n) is 1.15. The number of aromatic nitrogens is 1. The third-order valence-corrected chi connectivity index (χ3v) is 2.62. The second-order valence-electron chi connectivity index (χ2n) is 2.79. The molecule has 0 N–H and O–H groups in total. The van der Waals surface area contributed by atoms with Crippen molar-refractivity contribution in [2.75, 3.05) is 0 Å². The summed E-state index contributed by atoms with van der Waals surface area (Å²) in [4.78, 5) is 5.34. The van der Waals surface area contributed by atoms with Crippen molar-refractivity contribution < 1.29 is 0 Å². The third-order valence-electron chi connectivity index (χ3n) is 1.82. The highest BCUT2D eigenvalue weighted by molar-refractivity contribution is 7.09. The molecule has 0 aliphatic heterocycles. The van der Waals surface area contributed by atoms with Crippen molar-refractivity contribution in [3.8, 4) is 0 Å². The largest absolute Gasteiger partial charge is 0.253 e. The van der Waals surface area contributed by atoms with Gasteiger partial charge >= 0.3 is 0 Å². The van der Waals surface area contributed by atoms with Crippen molar-refractivity contribution in [1.82, 2.24) is 4.98 Å². The maximum atomic E-state index is 4.03. The van der Waals surface area contributed by atoms with Crippen LogP contribution in [0.15, 0.2) is 42.0 Å². The molecule has 0 atom stereocenters. The second-order valence-corrected chi connectivity index (χ2v) is 3.76. The number of benzene rings is 1. The van der Waals surface area contributed by atoms with E-state index in [0.717, 1.165) is 6.42 Å². The lowest BCUT2D eigenvalue weighted by atomic mass is 10.1. The highest BCUT2D eigenvalue weighted by Crippen LogP contribution is 2.11. The lowest BCUT2D eigenvalue weighted by Gasteiger charge is -1.96. The standard InChI is InChI=1S/C11H10NS/c1-2-4-10(5-3-1)6-7-11-8-12-9-13-11/h1-6,8-9H,7H2. The van der Waals surface area contributed by atoms with Crippen molar-refractivity contribution in [2.24, 2.45) is 0 Å². The molecule has 0 aliphatic rings. The Morgan fingerprint density at radius 2 is 2.08 bits per heavy atom. The summed E-state index contributed by atoms with van der Waals surface area (Å²) in [6.45, 7) is 0. The van der Waals surface area contributed by atoms with E-state index < -0.39 is 0 Å². The summed E-state index contributed by atoms with van der Waals surface area (Å²) in [6.07, 6.45) is 5.12. The predicted molar refractivity (Wildman–Crippen MR) is 55.7 cm³/mol. The monoisotopic (exact) mass is 188 g/mol. The molecule has 1 radical (unpaired) electrons. The third kappa shape index (κ3) is 2.39. The van der Waals surface area contributed by atoms with Gasteiger partial charge in [-0.2, -0.15) is 0 Å². The van der Waals surface area contributed by atoms with Crippen molar-refractivity contribution in [1.29, 1.82) is 0 Å². The molecule has 2 heteroatoms. The first-order chi connectivity index (χ1) is 6.45. The zero-order valence-corrected chi connectivity index (χ0v) is 8.00. The summed E-state index contributed by atoms with van der Waals surface area (Å²) >= 11 is 1.70. The molecule has 65 valence electrons. The van der Waals surface area contributed by atoms with Gasteiger partial charge in [0.1, 0.15) is 0 Å². The minimum absolute atomic E-state index is 0.981. The Kier molecular flexibility index (Phi) is 2.72. The Morgan fingerprint density at radius 3 is 2.77 bits per heavy atom. The fourth-order valence-corrected chi connectivity index (χ4v) is 1.71. The van der Waals surface area contributed by atoms with Crippen LogP contribution in [0.2, 0.25) is 0 Å². The predicted octanol–water partition coefficient (Wildman–Crippen LogP) is 2.94. The molecule has 1 aromatic heterocycles. The van der Waals surface area contributed by atoms with E-state index in [4.69, 9.17) is 0 Å². The number of hydrogen-bond acceptors (Lipinski definition) is 2. The van der Waals surface area contributed by atoms with E-state index in [9.17, 15) is 0 Å². The number of nitrogens with zero attached hydrogens (tertiary/aromatic N) is 1. The quantitative estimate of drug-likeness (QED) is 0.721. The maximum Gasteiger partial charge on any atom is 0.0794 e. The lowest BCUT2D eigenvalue weighted by Crippen LogP contribution is -1.84. The highest BCUT2D eigenvalue weighted by atomic mass is 32.1. The van der Waals surface area contributed by atoms with Gasteiger partial charge in [-0.25, -0.2) is 0 Å². The Labute approximate surface area is 82.1 Å². The average Bonchev–Trinajstić information content (AvgIpc) is 2.69. The molecule has 2 aromatic rings. The van der Waals surface area contributed by atoms with Crippen LogP contribution >= 0.6 is 11.3 Å². The van der Waals surface area contributed by atoms with Gasteiger partial charge in [0.2, 0.25) is 0 Å². The van der Waals surface area contributed by atoms with Gasteiger partial charge in [0.25, 0.3) is 0 Å². The van der Waals surface area contributed by atoms with Crippen LogP contribution in [-0.2, 0) is 6.42 Å². The molecule has 13 heavy (non-hydrogen) atoms. The molecule has 0 saturated carbocycles. The zero-order valence-electron chi connectivity index (χ0n) is 7.18. The van der Waals surface area contributed by atoms with Gasteiger partial charge in [0.15, 0.2) is 0 Å². The Morgan fingerprint density at radius 1 is 1.23 bits per heavy atom. The Hall–Kier alpha value is -1.15. The van der Waals surface area contributed by atoms with Crippen LogP contribution in [0.4, 0.5) is 0 Å². The van der Waals surface area contributed by atoms with Crippen LogP contribution in [-0.4, -0.2) is 4.98 Å². The topological polar surface area (TPSA) is 12.9 Å². The van der Waals surface area contributed by atoms with Crippen LogP contribution in [0.25, 0.3) is 0 Å². The number of thiazole rings is 1. The van der Waals surface area contributed by atoms with Gasteiger partial charge < -0.3 is 0 Å². The molecule has 2 rings (SSSR count). The molecule has 0 bridgehead atoms. The number of hydrogen-bond donors (Lipinski definition) is 0.